The van der Waals surface area contributed by atoms with Crippen LogP contribution in [0.5, 0.6) is 0 Å². The van der Waals surface area contributed by atoms with Crippen LogP contribution in [0.3, 0.4) is 0 Å². The number of ether oxygens (including phenoxy) is 1. The van der Waals surface area contributed by atoms with Crippen LogP contribution < -0.4 is 5.84 Å². The van der Waals surface area contributed by atoms with Gasteiger partial charge in [0.05, 0.1) is 12.2 Å². The minimum Gasteiger partial charge on any atom is -0.372 e. The molecule has 0 bridgehead atoms. The number of likely N-dealkylation sites (N-methyl/N-ethyl adjacent to an activating group) is 1. The molecule has 2 aliphatic heterocycles. The molecule has 2 aliphatic rings. The predicted octanol–water partition coefficient (Wildman–Crippen LogP) is 0.0468. The molecule has 0 aromatic carbocycles. The normalized spacial score (nSPS) is 29.6. The molecule has 2 fully saturated rings. The summed E-state index contributed by atoms with van der Waals surface area (Å²) in [5.74, 6) is 5.76. The van der Waals surface area contributed by atoms with Gasteiger partial charge in [-0.05, 0) is 19.4 Å². The van der Waals surface area contributed by atoms with Crippen LogP contribution in [-0.4, -0.2) is 54.8 Å². The van der Waals surface area contributed by atoms with E-state index in [1.165, 1.54) is 0 Å². The van der Waals surface area contributed by atoms with E-state index in [-0.39, 0.29) is 5.60 Å². The highest BCUT2D eigenvalue weighted by Crippen LogP contribution is 2.28. The topological polar surface area (TPSA) is 41.7 Å². The first-order valence-corrected chi connectivity index (χ1v) is 5.60. The van der Waals surface area contributed by atoms with E-state index in [1.807, 2.05) is 5.01 Å². The van der Waals surface area contributed by atoms with Crippen molar-refractivity contribution in [1.82, 2.24) is 9.91 Å². The van der Waals surface area contributed by atoms with E-state index in [0.717, 1.165) is 52.2 Å². The lowest BCUT2D eigenvalue weighted by Gasteiger charge is -2.46. The van der Waals surface area contributed by atoms with Gasteiger partial charge in [-0.25, -0.2) is 5.01 Å². The molecule has 4 nitrogen and oxygen atoms in total. The van der Waals surface area contributed by atoms with Crippen LogP contribution >= 0.6 is 0 Å². The van der Waals surface area contributed by atoms with E-state index in [2.05, 4.69) is 11.8 Å². The summed E-state index contributed by atoms with van der Waals surface area (Å²) in [5, 5.41) is 1.90. The van der Waals surface area contributed by atoms with Crippen molar-refractivity contribution < 1.29 is 4.74 Å². The third-order valence-electron chi connectivity index (χ3n) is 3.48. The Hall–Kier alpha value is -0.160. The van der Waals surface area contributed by atoms with Crippen LogP contribution in [-0.2, 0) is 4.74 Å². The Morgan fingerprint density at radius 1 is 1.29 bits per heavy atom. The Bertz CT molecular complexity index is 190. The van der Waals surface area contributed by atoms with Crippen molar-refractivity contribution in [1.29, 1.82) is 0 Å². The molecule has 0 aromatic rings. The molecule has 0 aromatic heterocycles. The van der Waals surface area contributed by atoms with Gasteiger partial charge in [0.25, 0.3) is 0 Å². The van der Waals surface area contributed by atoms with Crippen LogP contribution in [0.2, 0.25) is 0 Å². The largest absolute Gasteiger partial charge is 0.372 e. The van der Waals surface area contributed by atoms with E-state index in [9.17, 15) is 0 Å². The minimum atomic E-state index is 0.115. The second-order valence-electron chi connectivity index (χ2n) is 4.44. The van der Waals surface area contributed by atoms with Crippen molar-refractivity contribution >= 4 is 0 Å². The van der Waals surface area contributed by atoms with Gasteiger partial charge in [0.15, 0.2) is 0 Å². The van der Waals surface area contributed by atoms with E-state index in [1.54, 1.807) is 0 Å². The smallest absolute Gasteiger partial charge is 0.0834 e. The summed E-state index contributed by atoms with van der Waals surface area (Å²) in [6.07, 6.45) is 2.17. The van der Waals surface area contributed by atoms with Gasteiger partial charge in [0.1, 0.15) is 0 Å². The second-order valence-corrected chi connectivity index (χ2v) is 4.44. The molecular weight excluding hydrogens is 178 g/mol. The van der Waals surface area contributed by atoms with E-state index < -0.39 is 0 Å². The highest BCUT2D eigenvalue weighted by molar-refractivity contribution is 4.91. The van der Waals surface area contributed by atoms with Crippen molar-refractivity contribution in [3.63, 3.8) is 0 Å². The van der Waals surface area contributed by atoms with Gasteiger partial charge in [0.2, 0.25) is 0 Å². The Morgan fingerprint density at radius 3 is 2.64 bits per heavy atom. The monoisotopic (exact) mass is 199 g/mol. The number of nitrogens with two attached hydrogens (primary N) is 1. The molecule has 2 saturated heterocycles. The van der Waals surface area contributed by atoms with Crippen molar-refractivity contribution in [3.05, 3.63) is 0 Å². The minimum absolute atomic E-state index is 0.115. The van der Waals surface area contributed by atoms with Gasteiger partial charge >= 0.3 is 0 Å². The average molecular weight is 199 g/mol. The summed E-state index contributed by atoms with van der Waals surface area (Å²) in [6, 6.07) is 0. The van der Waals surface area contributed by atoms with E-state index in [0.29, 0.717) is 0 Å². The summed E-state index contributed by atoms with van der Waals surface area (Å²) >= 11 is 0. The molecule has 0 aliphatic carbocycles. The molecule has 1 spiro atoms. The number of nitrogens with zero attached hydrogens (tertiary/aromatic N) is 2. The Labute approximate surface area is 86.0 Å². The molecule has 82 valence electrons. The molecular formula is C10H21N3O. The third kappa shape index (κ3) is 2.08. The number of morpholine rings is 1. The zero-order chi connectivity index (χ0) is 10.0. The van der Waals surface area contributed by atoms with Crippen molar-refractivity contribution in [2.75, 3.05) is 39.3 Å². The maximum atomic E-state index is 5.96. The Balaban J connectivity index is 1.94. The van der Waals surface area contributed by atoms with Gasteiger partial charge in [-0.2, -0.15) is 0 Å². The third-order valence-corrected chi connectivity index (χ3v) is 3.48. The van der Waals surface area contributed by atoms with Gasteiger partial charge in [0, 0.05) is 26.2 Å². The van der Waals surface area contributed by atoms with Crippen molar-refractivity contribution in [2.24, 2.45) is 5.84 Å². The highest BCUT2D eigenvalue weighted by Gasteiger charge is 2.38. The molecule has 4 heteroatoms. The summed E-state index contributed by atoms with van der Waals surface area (Å²) in [6.45, 7) is 8.37. The Morgan fingerprint density at radius 2 is 2.00 bits per heavy atom. The SMILES string of the molecule is CCN1CCOC2(CCN(N)CC2)C1. The van der Waals surface area contributed by atoms with Crippen LogP contribution in [0.25, 0.3) is 0 Å². The fraction of sp³-hybridized carbons (Fsp3) is 1.00. The summed E-state index contributed by atoms with van der Waals surface area (Å²) < 4.78 is 5.96. The zero-order valence-corrected chi connectivity index (χ0v) is 9.04. The second kappa shape index (κ2) is 4.14. The molecule has 0 unspecified atom stereocenters. The van der Waals surface area contributed by atoms with Crippen molar-refractivity contribution in [3.8, 4) is 0 Å². The molecule has 0 atom stereocenters. The summed E-state index contributed by atoms with van der Waals surface area (Å²) in [7, 11) is 0. The highest BCUT2D eigenvalue weighted by atomic mass is 16.5. The lowest BCUT2D eigenvalue weighted by atomic mass is 9.90. The first kappa shape index (κ1) is 10.4. The molecule has 2 rings (SSSR count). The molecule has 2 N–H and O–H groups in total. The quantitative estimate of drug-likeness (QED) is 0.606. The maximum Gasteiger partial charge on any atom is 0.0834 e. The first-order chi connectivity index (χ1) is 6.74. The lowest BCUT2D eigenvalue weighted by molar-refractivity contribution is -0.135. The van der Waals surface area contributed by atoms with Gasteiger partial charge in [-0.1, -0.05) is 6.92 Å². The summed E-state index contributed by atoms with van der Waals surface area (Å²) in [5.41, 5.74) is 0.115. The number of hydrazine groups is 1. The average Bonchev–Trinajstić information content (AvgIpc) is 2.23. The van der Waals surface area contributed by atoms with Crippen LogP contribution in [0, 0.1) is 0 Å². The predicted molar refractivity (Wildman–Crippen MR) is 55.8 cm³/mol. The zero-order valence-electron chi connectivity index (χ0n) is 9.04. The summed E-state index contributed by atoms with van der Waals surface area (Å²) in [4.78, 5) is 2.48. The fourth-order valence-electron chi connectivity index (χ4n) is 2.43. The van der Waals surface area contributed by atoms with E-state index in [4.69, 9.17) is 10.6 Å². The molecule has 0 radical (unpaired) electrons. The van der Waals surface area contributed by atoms with Crippen LogP contribution in [0.15, 0.2) is 0 Å². The molecule has 2 heterocycles. The van der Waals surface area contributed by atoms with Gasteiger partial charge < -0.3 is 4.74 Å². The number of hydrogen-bond donors (Lipinski definition) is 1. The number of rotatable bonds is 1. The first-order valence-electron chi connectivity index (χ1n) is 5.60. The molecule has 0 saturated carbocycles. The molecule has 0 amide bonds. The van der Waals surface area contributed by atoms with Crippen LogP contribution in [0.1, 0.15) is 19.8 Å². The maximum absolute atomic E-state index is 5.96. The van der Waals surface area contributed by atoms with Gasteiger partial charge in [-0.15, -0.1) is 0 Å². The van der Waals surface area contributed by atoms with Gasteiger partial charge in [-0.3, -0.25) is 10.7 Å². The number of piperidine rings is 1. The van der Waals surface area contributed by atoms with E-state index >= 15 is 0 Å². The van der Waals surface area contributed by atoms with Crippen molar-refractivity contribution in [2.45, 2.75) is 25.4 Å². The lowest BCUT2D eigenvalue weighted by Crippen LogP contribution is -2.57. The van der Waals surface area contributed by atoms with Crippen LogP contribution in [0.4, 0.5) is 0 Å². The molecule has 14 heavy (non-hydrogen) atoms. The standard InChI is InChI=1S/C10H21N3O/c1-2-12-7-8-14-10(9-12)3-5-13(11)6-4-10/h2-9,11H2,1H3. The number of hydrogen-bond acceptors (Lipinski definition) is 4. The Kier molecular flexibility index (Phi) is 3.07. The fourth-order valence-corrected chi connectivity index (χ4v) is 2.43.